The SMILES string of the molecule is COc1cccc(NC(=O)C2CCN(S(=O)(=O)c3cc4c(cc3C)NC(=O)C(C)O4)CC2)c1. The molecule has 0 saturated carbocycles. The third-order valence-corrected chi connectivity index (χ3v) is 8.03. The molecule has 0 bridgehead atoms. The van der Waals surface area contributed by atoms with Gasteiger partial charge >= 0.3 is 0 Å². The first kappa shape index (κ1) is 23.1. The number of amides is 2. The fourth-order valence-corrected chi connectivity index (χ4v) is 5.75. The number of ether oxygens (including phenoxy) is 2. The molecular weight excluding hydrogens is 446 g/mol. The number of fused-ring (bicyclic) bond motifs is 1. The fraction of sp³-hybridized carbons (Fsp3) is 0.391. The van der Waals surface area contributed by atoms with Crippen LogP contribution in [0.2, 0.25) is 0 Å². The number of methoxy groups -OCH3 is 1. The van der Waals surface area contributed by atoms with Crippen molar-refractivity contribution in [2.75, 3.05) is 30.8 Å². The lowest BCUT2D eigenvalue weighted by Crippen LogP contribution is -2.41. The van der Waals surface area contributed by atoms with E-state index in [4.69, 9.17) is 9.47 Å². The Labute approximate surface area is 193 Å². The molecule has 2 N–H and O–H groups in total. The van der Waals surface area contributed by atoms with Gasteiger partial charge in [-0.1, -0.05) is 6.07 Å². The van der Waals surface area contributed by atoms with Crippen molar-refractivity contribution in [3.05, 3.63) is 42.0 Å². The van der Waals surface area contributed by atoms with Gasteiger partial charge in [0.2, 0.25) is 15.9 Å². The zero-order valence-electron chi connectivity index (χ0n) is 18.8. The summed E-state index contributed by atoms with van der Waals surface area (Å²) < 4.78 is 38.9. The monoisotopic (exact) mass is 473 g/mol. The van der Waals surface area contributed by atoms with E-state index in [1.807, 2.05) is 0 Å². The summed E-state index contributed by atoms with van der Waals surface area (Å²) in [5, 5.41) is 5.61. The van der Waals surface area contributed by atoms with Crippen molar-refractivity contribution in [1.82, 2.24) is 4.31 Å². The quantitative estimate of drug-likeness (QED) is 0.690. The highest BCUT2D eigenvalue weighted by Crippen LogP contribution is 2.36. The van der Waals surface area contributed by atoms with Crippen LogP contribution in [-0.2, 0) is 19.6 Å². The van der Waals surface area contributed by atoms with E-state index in [2.05, 4.69) is 10.6 Å². The van der Waals surface area contributed by atoms with Gasteiger partial charge in [0.15, 0.2) is 6.10 Å². The number of benzene rings is 2. The van der Waals surface area contributed by atoms with Gasteiger partial charge in [0.05, 0.1) is 17.7 Å². The molecule has 1 fully saturated rings. The van der Waals surface area contributed by atoms with Crippen LogP contribution < -0.4 is 20.1 Å². The van der Waals surface area contributed by atoms with Crippen molar-refractivity contribution in [3.63, 3.8) is 0 Å². The largest absolute Gasteiger partial charge is 0.497 e. The molecule has 0 spiro atoms. The molecule has 1 saturated heterocycles. The Balaban J connectivity index is 1.44. The lowest BCUT2D eigenvalue weighted by Gasteiger charge is -2.31. The van der Waals surface area contributed by atoms with E-state index < -0.39 is 16.1 Å². The second-order valence-electron chi connectivity index (χ2n) is 8.26. The van der Waals surface area contributed by atoms with Crippen LogP contribution in [0.25, 0.3) is 0 Å². The molecule has 0 aliphatic carbocycles. The van der Waals surface area contributed by atoms with Crippen LogP contribution in [0.1, 0.15) is 25.3 Å². The second-order valence-corrected chi connectivity index (χ2v) is 10.2. The number of nitrogens with one attached hydrogen (secondary N) is 2. The predicted octanol–water partition coefficient (Wildman–Crippen LogP) is 2.76. The van der Waals surface area contributed by atoms with Gasteiger partial charge < -0.3 is 20.1 Å². The van der Waals surface area contributed by atoms with Crippen molar-refractivity contribution in [2.24, 2.45) is 5.92 Å². The average Bonchev–Trinajstić information content (AvgIpc) is 2.80. The molecule has 10 heteroatoms. The van der Waals surface area contributed by atoms with Gasteiger partial charge in [0.25, 0.3) is 5.91 Å². The van der Waals surface area contributed by atoms with Gasteiger partial charge in [-0.3, -0.25) is 9.59 Å². The van der Waals surface area contributed by atoms with E-state index in [1.165, 1.54) is 10.4 Å². The molecule has 2 amide bonds. The number of hydrogen-bond acceptors (Lipinski definition) is 6. The average molecular weight is 474 g/mol. The van der Waals surface area contributed by atoms with Crippen LogP contribution in [-0.4, -0.2) is 50.8 Å². The highest BCUT2D eigenvalue weighted by atomic mass is 32.2. The van der Waals surface area contributed by atoms with Crippen molar-refractivity contribution >= 4 is 33.2 Å². The highest BCUT2D eigenvalue weighted by molar-refractivity contribution is 7.89. The van der Waals surface area contributed by atoms with E-state index in [1.54, 1.807) is 51.3 Å². The zero-order valence-corrected chi connectivity index (χ0v) is 19.6. The van der Waals surface area contributed by atoms with Crippen LogP contribution in [0.15, 0.2) is 41.3 Å². The lowest BCUT2D eigenvalue weighted by molar-refractivity contribution is -0.123. The number of piperidine rings is 1. The van der Waals surface area contributed by atoms with Crippen molar-refractivity contribution in [3.8, 4) is 11.5 Å². The van der Waals surface area contributed by atoms with Crippen LogP contribution in [0, 0.1) is 12.8 Å². The normalized spacial score (nSPS) is 19.2. The number of sulfonamides is 1. The molecule has 2 aromatic rings. The van der Waals surface area contributed by atoms with Crippen LogP contribution in [0.5, 0.6) is 11.5 Å². The highest BCUT2D eigenvalue weighted by Gasteiger charge is 2.34. The Morgan fingerprint density at radius 2 is 1.94 bits per heavy atom. The topological polar surface area (TPSA) is 114 Å². The van der Waals surface area contributed by atoms with Crippen molar-refractivity contribution in [1.29, 1.82) is 0 Å². The maximum atomic E-state index is 13.3. The third kappa shape index (κ3) is 4.67. The first-order chi connectivity index (χ1) is 15.7. The molecule has 0 aromatic heterocycles. The van der Waals surface area contributed by atoms with E-state index in [0.717, 1.165) is 0 Å². The Bertz CT molecular complexity index is 1190. The molecule has 9 nitrogen and oxygen atoms in total. The van der Waals surface area contributed by atoms with Crippen LogP contribution in [0.3, 0.4) is 0 Å². The summed E-state index contributed by atoms with van der Waals surface area (Å²) in [4.78, 5) is 24.7. The molecule has 176 valence electrons. The number of nitrogens with zero attached hydrogens (tertiary/aromatic N) is 1. The summed E-state index contributed by atoms with van der Waals surface area (Å²) >= 11 is 0. The Morgan fingerprint density at radius 1 is 1.21 bits per heavy atom. The first-order valence-electron chi connectivity index (χ1n) is 10.8. The molecule has 2 aliphatic heterocycles. The van der Waals surface area contributed by atoms with Crippen LogP contribution in [0.4, 0.5) is 11.4 Å². The van der Waals surface area contributed by atoms with E-state index >= 15 is 0 Å². The summed E-state index contributed by atoms with van der Waals surface area (Å²) in [5.41, 5.74) is 1.62. The Hall–Kier alpha value is -3.11. The summed E-state index contributed by atoms with van der Waals surface area (Å²) in [6.45, 7) is 3.77. The molecule has 2 aromatic carbocycles. The minimum absolute atomic E-state index is 0.136. The maximum Gasteiger partial charge on any atom is 0.265 e. The Kier molecular flexibility index (Phi) is 6.31. The molecule has 33 heavy (non-hydrogen) atoms. The summed E-state index contributed by atoms with van der Waals surface area (Å²) in [5.74, 6) is 0.285. The summed E-state index contributed by atoms with van der Waals surface area (Å²) in [6, 6.07) is 10.2. The molecule has 4 rings (SSSR count). The predicted molar refractivity (Wildman–Crippen MR) is 123 cm³/mol. The van der Waals surface area contributed by atoms with Crippen molar-refractivity contribution < 1.29 is 27.5 Å². The second kappa shape index (κ2) is 9.03. The molecule has 2 aliphatic rings. The number of aryl methyl sites for hydroxylation is 1. The Morgan fingerprint density at radius 3 is 2.64 bits per heavy atom. The van der Waals surface area contributed by atoms with Gasteiger partial charge in [-0.05, 0) is 50.5 Å². The number of hydrogen-bond donors (Lipinski definition) is 2. The van der Waals surface area contributed by atoms with Gasteiger partial charge in [-0.15, -0.1) is 0 Å². The van der Waals surface area contributed by atoms with Gasteiger partial charge in [-0.2, -0.15) is 4.31 Å². The van der Waals surface area contributed by atoms with Gasteiger partial charge in [0, 0.05) is 36.8 Å². The number of anilines is 2. The molecular formula is C23H27N3O6S. The van der Waals surface area contributed by atoms with E-state index in [-0.39, 0.29) is 35.7 Å². The summed E-state index contributed by atoms with van der Waals surface area (Å²) in [7, 11) is -2.22. The van der Waals surface area contributed by atoms with E-state index in [9.17, 15) is 18.0 Å². The summed E-state index contributed by atoms with van der Waals surface area (Å²) in [6.07, 6.45) is 0.139. The van der Waals surface area contributed by atoms with Gasteiger partial charge in [-0.25, -0.2) is 8.42 Å². The maximum absolute atomic E-state index is 13.3. The fourth-order valence-electron chi connectivity index (χ4n) is 4.06. The minimum Gasteiger partial charge on any atom is -0.497 e. The van der Waals surface area contributed by atoms with Crippen molar-refractivity contribution in [2.45, 2.75) is 37.7 Å². The number of rotatable bonds is 5. The smallest absolute Gasteiger partial charge is 0.265 e. The zero-order chi connectivity index (χ0) is 23.8. The number of carbonyl (C=O) groups is 2. The molecule has 1 unspecified atom stereocenters. The number of carbonyl (C=O) groups excluding carboxylic acids is 2. The third-order valence-electron chi connectivity index (χ3n) is 5.99. The van der Waals surface area contributed by atoms with Gasteiger partial charge in [0.1, 0.15) is 11.5 Å². The lowest BCUT2D eigenvalue weighted by atomic mass is 9.97. The standard InChI is InChI=1S/C23H27N3O6S/c1-14-11-19-20(32-15(2)22(27)25-19)13-21(14)33(29,30)26-9-7-16(8-10-26)23(28)24-17-5-4-6-18(12-17)31-3/h4-6,11-13,15-16H,7-10H2,1-3H3,(H,24,28)(H,25,27). The van der Waals surface area contributed by atoms with Crippen LogP contribution >= 0.6 is 0 Å². The minimum atomic E-state index is -3.78. The van der Waals surface area contributed by atoms with E-state index in [0.29, 0.717) is 41.3 Å². The first-order valence-corrected chi connectivity index (χ1v) is 12.2. The molecule has 1 atom stereocenters. The molecule has 0 radical (unpaired) electrons. The molecule has 2 heterocycles.